The second kappa shape index (κ2) is 8.97. The Labute approximate surface area is 99.9 Å². The molecule has 0 aromatic heterocycles. The summed E-state index contributed by atoms with van der Waals surface area (Å²) in [4.78, 5) is 0. The van der Waals surface area contributed by atoms with E-state index in [1.54, 1.807) is 0 Å². The third-order valence-corrected chi connectivity index (χ3v) is 3.09. The third kappa shape index (κ3) is 5.83. The number of hydrogen-bond donors (Lipinski definition) is 1. The fourth-order valence-corrected chi connectivity index (χ4v) is 2.25. The summed E-state index contributed by atoms with van der Waals surface area (Å²) in [6.07, 6.45) is 6.66. The number of hydrogen-bond acceptors (Lipinski definition) is 3. The van der Waals surface area contributed by atoms with Gasteiger partial charge >= 0.3 is 0 Å². The second-order valence-corrected chi connectivity index (χ2v) is 4.51. The molecule has 3 heteroatoms. The summed E-state index contributed by atoms with van der Waals surface area (Å²) >= 11 is 0. The predicted molar refractivity (Wildman–Crippen MR) is 66.8 cm³/mol. The van der Waals surface area contributed by atoms with Crippen LogP contribution in [0.15, 0.2) is 0 Å². The van der Waals surface area contributed by atoms with Crippen LogP contribution in [0.3, 0.4) is 0 Å². The van der Waals surface area contributed by atoms with Crippen molar-refractivity contribution in [1.29, 1.82) is 0 Å². The lowest BCUT2D eigenvalue weighted by molar-refractivity contribution is -0.0134. The highest BCUT2D eigenvalue weighted by molar-refractivity contribution is 4.78. The Morgan fingerprint density at radius 2 is 2.06 bits per heavy atom. The summed E-state index contributed by atoms with van der Waals surface area (Å²) in [6, 6.07) is 0.672. The average Bonchev–Trinajstić information content (AvgIpc) is 2.33. The van der Waals surface area contributed by atoms with E-state index in [2.05, 4.69) is 12.2 Å². The van der Waals surface area contributed by atoms with Gasteiger partial charge in [0, 0.05) is 12.6 Å². The van der Waals surface area contributed by atoms with Gasteiger partial charge in [0.1, 0.15) is 0 Å². The Morgan fingerprint density at radius 1 is 1.19 bits per heavy atom. The molecule has 1 aliphatic carbocycles. The van der Waals surface area contributed by atoms with E-state index in [1.807, 2.05) is 6.92 Å². The molecule has 1 aliphatic rings. The van der Waals surface area contributed by atoms with Crippen LogP contribution in [0.2, 0.25) is 0 Å². The molecule has 1 N–H and O–H groups in total. The van der Waals surface area contributed by atoms with Gasteiger partial charge in [-0.05, 0) is 45.6 Å². The second-order valence-electron chi connectivity index (χ2n) is 4.51. The molecule has 0 bridgehead atoms. The lowest BCUT2D eigenvalue weighted by Crippen LogP contribution is -2.37. The van der Waals surface area contributed by atoms with Crippen LogP contribution >= 0.6 is 0 Å². The molecule has 0 radical (unpaired) electrons. The SMILES string of the molecule is CCCNC1CCCC(OCCOCC)C1. The van der Waals surface area contributed by atoms with E-state index < -0.39 is 0 Å². The standard InChI is InChI=1S/C13H27NO2/c1-3-8-14-12-6-5-7-13(11-12)16-10-9-15-4-2/h12-14H,3-11H2,1-2H3. The van der Waals surface area contributed by atoms with Crippen LogP contribution in [0.5, 0.6) is 0 Å². The minimum absolute atomic E-state index is 0.448. The first kappa shape index (κ1) is 13.9. The molecular formula is C13H27NO2. The number of nitrogens with one attached hydrogen (secondary N) is 1. The summed E-state index contributed by atoms with van der Waals surface area (Å²) in [5.41, 5.74) is 0. The zero-order valence-corrected chi connectivity index (χ0v) is 10.8. The van der Waals surface area contributed by atoms with Crippen molar-refractivity contribution < 1.29 is 9.47 Å². The minimum atomic E-state index is 0.448. The van der Waals surface area contributed by atoms with Gasteiger partial charge < -0.3 is 14.8 Å². The van der Waals surface area contributed by atoms with E-state index in [0.717, 1.165) is 26.4 Å². The molecule has 96 valence electrons. The Hall–Kier alpha value is -0.120. The zero-order chi connectivity index (χ0) is 11.6. The van der Waals surface area contributed by atoms with Crippen LogP contribution in [-0.2, 0) is 9.47 Å². The lowest BCUT2D eigenvalue weighted by Gasteiger charge is -2.29. The van der Waals surface area contributed by atoms with Gasteiger partial charge in [-0.1, -0.05) is 6.92 Å². The smallest absolute Gasteiger partial charge is 0.0704 e. The molecule has 0 heterocycles. The van der Waals surface area contributed by atoms with Crippen LogP contribution in [-0.4, -0.2) is 38.5 Å². The maximum atomic E-state index is 5.83. The van der Waals surface area contributed by atoms with Crippen LogP contribution in [0, 0.1) is 0 Å². The van der Waals surface area contributed by atoms with Gasteiger partial charge in [0.2, 0.25) is 0 Å². The average molecular weight is 229 g/mol. The lowest BCUT2D eigenvalue weighted by atomic mass is 9.93. The van der Waals surface area contributed by atoms with Gasteiger partial charge in [0.15, 0.2) is 0 Å². The quantitative estimate of drug-likeness (QED) is 0.648. The summed E-state index contributed by atoms with van der Waals surface area (Å²) in [5, 5.41) is 3.59. The van der Waals surface area contributed by atoms with Crippen molar-refractivity contribution in [1.82, 2.24) is 5.32 Å². The van der Waals surface area contributed by atoms with Crippen molar-refractivity contribution in [3.05, 3.63) is 0 Å². The molecule has 2 atom stereocenters. The minimum Gasteiger partial charge on any atom is -0.379 e. The normalized spacial score (nSPS) is 25.9. The van der Waals surface area contributed by atoms with Crippen molar-refractivity contribution >= 4 is 0 Å². The van der Waals surface area contributed by atoms with E-state index >= 15 is 0 Å². The van der Waals surface area contributed by atoms with Gasteiger partial charge in [0.05, 0.1) is 19.3 Å². The molecule has 0 amide bonds. The Balaban J connectivity index is 2.07. The first-order valence-corrected chi connectivity index (χ1v) is 6.79. The monoisotopic (exact) mass is 229 g/mol. The number of rotatable bonds is 8. The molecule has 1 rings (SSSR count). The van der Waals surface area contributed by atoms with Crippen LogP contribution in [0.4, 0.5) is 0 Å². The van der Waals surface area contributed by atoms with Gasteiger partial charge in [0.25, 0.3) is 0 Å². The van der Waals surface area contributed by atoms with E-state index in [1.165, 1.54) is 32.1 Å². The summed E-state index contributed by atoms with van der Waals surface area (Å²) in [6.45, 7) is 7.64. The molecular weight excluding hydrogens is 202 g/mol. The topological polar surface area (TPSA) is 30.5 Å². The van der Waals surface area contributed by atoms with Gasteiger partial charge in [-0.3, -0.25) is 0 Å². The molecule has 1 fully saturated rings. The molecule has 0 aliphatic heterocycles. The third-order valence-electron chi connectivity index (χ3n) is 3.09. The molecule has 0 aromatic rings. The maximum absolute atomic E-state index is 5.83. The van der Waals surface area contributed by atoms with Crippen molar-refractivity contribution in [2.75, 3.05) is 26.4 Å². The van der Waals surface area contributed by atoms with E-state index in [-0.39, 0.29) is 0 Å². The maximum Gasteiger partial charge on any atom is 0.0704 e. The van der Waals surface area contributed by atoms with Gasteiger partial charge in [-0.2, -0.15) is 0 Å². The van der Waals surface area contributed by atoms with Crippen molar-refractivity contribution in [3.63, 3.8) is 0 Å². The predicted octanol–water partition coefficient (Wildman–Crippen LogP) is 2.35. The summed E-state index contributed by atoms with van der Waals surface area (Å²) in [5.74, 6) is 0. The first-order chi connectivity index (χ1) is 7.86. The van der Waals surface area contributed by atoms with Crippen LogP contribution < -0.4 is 5.32 Å². The molecule has 0 aromatic carbocycles. The van der Waals surface area contributed by atoms with Crippen molar-refractivity contribution in [3.8, 4) is 0 Å². The van der Waals surface area contributed by atoms with Crippen LogP contribution in [0.1, 0.15) is 46.0 Å². The highest BCUT2D eigenvalue weighted by atomic mass is 16.5. The highest BCUT2D eigenvalue weighted by Crippen LogP contribution is 2.21. The molecule has 16 heavy (non-hydrogen) atoms. The van der Waals surface area contributed by atoms with E-state index in [9.17, 15) is 0 Å². The van der Waals surface area contributed by atoms with Gasteiger partial charge in [-0.15, -0.1) is 0 Å². The summed E-state index contributed by atoms with van der Waals surface area (Å²) in [7, 11) is 0. The fraction of sp³-hybridized carbons (Fsp3) is 1.00. The Morgan fingerprint density at radius 3 is 2.81 bits per heavy atom. The van der Waals surface area contributed by atoms with E-state index in [4.69, 9.17) is 9.47 Å². The molecule has 1 saturated carbocycles. The molecule has 0 saturated heterocycles. The zero-order valence-electron chi connectivity index (χ0n) is 10.8. The summed E-state index contributed by atoms with van der Waals surface area (Å²) < 4.78 is 11.1. The van der Waals surface area contributed by atoms with Crippen molar-refractivity contribution in [2.24, 2.45) is 0 Å². The molecule has 3 nitrogen and oxygen atoms in total. The van der Waals surface area contributed by atoms with E-state index in [0.29, 0.717) is 12.1 Å². The van der Waals surface area contributed by atoms with Crippen molar-refractivity contribution in [2.45, 2.75) is 58.1 Å². The van der Waals surface area contributed by atoms with Gasteiger partial charge in [-0.25, -0.2) is 0 Å². The Bertz CT molecular complexity index is 164. The fourth-order valence-electron chi connectivity index (χ4n) is 2.25. The molecule has 2 unspecified atom stereocenters. The number of ether oxygens (including phenoxy) is 2. The highest BCUT2D eigenvalue weighted by Gasteiger charge is 2.21. The largest absolute Gasteiger partial charge is 0.379 e. The Kier molecular flexibility index (Phi) is 7.81. The molecule has 0 spiro atoms. The first-order valence-electron chi connectivity index (χ1n) is 6.79. The van der Waals surface area contributed by atoms with Crippen LogP contribution in [0.25, 0.3) is 0 Å².